The zero-order chi connectivity index (χ0) is 14.8. The molecule has 0 aromatic rings. The van der Waals surface area contributed by atoms with Crippen molar-refractivity contribution in [2.45, 2.75) is 44.6 Å². The molecule has 0 aliphatic heterocycles. The molecule has 0 spiro atoms. The molecule has 20 heavy (non-hydrogen) atoms. The van der Waals surface area contributed by atoms with Crippen LogP contribution in [0.3, 0.4) is 0 Å². The Morgan fingerprint density at radius 1 is 1.45 bits per heavy atom. The largest absolute Gasteiger partial charge is 0.385 e. The van der Waals surface area contributed by atoms with Gasteiger partial charge < -0.3 is 15.0 Å². The number of rotatable bonds is 7. The van der Waals surface area contributed by atoms with Gasteiger partial charge in [0.15, 0.2) is 0 Å². The van der Waals surface area contributed by atoms with Crippen LogP contribution in [-0.2, 0) is 9.53 Å². The Hall–Kier alpha value is -1.54. The van der Waals surface area contributed by atoms with E-state index in [4.69, 9.17) is 10.00 Å². The molecule has 1 amide bonds. The van der Waals surface area contributed by atoms with E-state index in [0.717, 1.165) is 19.3 Å². The van der Waals surface area contributed by atoms with Crippen molar-refractivity contribution in [1.29, 1.82) is 5.26 Å². The summed E-state index contributed by atoms with van der Waals surface area (Å²) in [5.74, 6) is -0.300. The standard InChI is InChI=1S/C15H25N3O2/c1-18(14-7-4-3-5-8-14)12-13(11-16)15(19)17-9-6-10-20-2/h12,14H,3-10H2,1-2H3,(H,17,19)/b13-12-. The van der Waals surface area contributed by atoms with Gasteiger partial charge in [0.25, 0.3) is 5.91 Å². The number of methoxy groups -OCH3 is 1. The van der Waals surface area contributed by atoms with Gasteiger partial charge >= 0.3 is 0 Å². The van der Waals surface area contributed by atoms with Gasteiger partial charge in [-0.25, -0.2) is 0 Å². The van der Waals surface area contributed by atoms with E-state index < -0.39 is 0 Å². The Morgan fingerprint density at radius 3 is 2.75 bits per heavy atom. The van der Waals surface area contributed by atoms with E-state index in [0.29, 0.717) is 19.2 Å². The van der Waals surface area contributed by atoms with Gasteiger partial charge in [-0.2, -0.15) is 5.26 Å². The molecule has 0 aromatic heterocycles. The van der Waals surface area contributed by atoms with Crippen molar-refractivity contribution in [3.05, 3.63) is 11.8 Å². The van der Waals surface area contributed by atoms with E-state index in [1.807, 2.05) is 18.0 Å². The number of hydrogen-bond donors (Lipinski definition) is 1. The molecule has 5 nitrogen and oxygen atoms in total. The fourth-order valence-corrected chi connectivity index (χ4v) is 2.45. The molecule has 0 atom stereocenters. The third-order valence-corrected chi connectivity index (χ3v) is 3.66. The first kappa shape index (κ1) is 16.5. The number of amides is 1. The number of nitriles is 1. The van der Waals surface area contributed by atoms with Gasteiger partial charge in [0.05, 0.1) is 0 Å². The topological polar surface area (TPSA) is 65.4 Å². The summed E-state index contributed by atoms with van der Waals surface area (Å²) in [6.07, 6.45) is 8.46. The molecule has 112 valence electrons. The lowest BCUT2D eigenvalue weighted by molar-refractivity contribution is -0.117. The molecular formula is C15H25N3O2. The molecule has 0 bridgehead atoms. The monoisotopic (exact) mass is 279 g/mol. The van der Waals surface area contributed by atoms with Gasteiger partial charge in [0, 0.05) is 39.6 Å². The van der Waals surface area contributed by atoms with E-state index in [9.17, 15) is 4.79 Å². The van der Waals surface area contributed by atoms with E-state index in [2.05, 4.69) is 5.32 Å². The van der Waals surface area contributed by atoms with Crippen LogP contribution in [0.4, 0.5) is 0 Å². The predicted octanol–water partition coefficient (Wildman–Crippen LogP) is 1.81. The first-order valence-electron chi connectivity index (χ1n) is 7.30. The molecule has 5 heteroatoms. The molecule has 1 aliphatic rings. The summed E-state index contributed by atoms with van der Waals surface area (Å²) in [6.45, 7) is 1.13. The molecule has 1 N–H and O–H groups in total. The van der Waals surface area contributed by atoms with Crippen molar-refractivity contribution in [3.8, 4) is 6.07 Å². The third kappa shape index (κ3) is 5.62. The van der Waals surface area contributed by atoms with Crippen molar-refractivity contribution >= 4 is 5.91 Å². The van der Waals surface area contributed by atoms with Crippen LogP contribution < -0.4 is 5.32 Å². The maximum absolute atomic E-state index is 11.9. The zero-order valence-corrected chi connectivity index (χ0v) is 12.5. The SMILES string of the molecule is COCCCNC(=O)/C(C#N)=C\N(C)C1CCCCC1. The number of carbonyl (C=O) groups excluding carboxylic acids is 1. The quantitative estimate of drug-likeness (QED) is 0.438. The highest BCUT2D eigenvalue weighted by Crippen LogP contribution is 2.22. The van der Waals surface area contributed by atoms with E-state index >= 15 is 0 Å². The second-order valence-corrected chi connectivity index (χ2v) is 5.21. The second-order valence-electron chi connectivity index (χ2n) is 5.21. The maximum atomic E-state index is 11.9. The summed E-state index contributed by atoms with van der Waals surface area (Å²) in [6, 6.07) is 2.44. The van der Waals surface area contributed by atoms with Crippen LogP contribution >= 0.6 is 0 Å². The zero-order valence-electron chi connectivity index (χ0n) is 12.5. The van der Waals surface area contributed by atoms with Crippen molar-refractivity contribution in [1.82, 2.24) is 10.2 Å². The lowest BCUT2D eigenvalue weighted by Gasteiger charge is -2.30. The highest BCUT2D eigenvalue weighted by Gasteiger charge is 2.17. The fourth-order valence-electron chi connectivity index (χ4n) is 2.45. The summed E-state index contributed by atoms with van der Waals surface area (Å²) in [5.41, 5.74) is 0.176. The Kier molecular flexibility index (Phi) is 7.74. The predicted molar refractivity (Wildman–Crippen MR) is 77.8 cm³/mol. The number of carbonyl (C=O) groups is 1. The third-order valence-electron chi connectivity index (χ3n) is 3.66. The lowest BCUT2D eigenvalue weighted by Crippen LogP contribution is -2.32. The average molecular weight is 279 g/mol. The molecule has 0 saturated heterocycles. The fraction of sp³-hybridized carbons (Fsp3) is 0.733. The Bertz CT molecular complexity index is 368. The highest BCUT2D eigenvalue weighted by atomic mass is 16.5. The van der Waals surface area contributed by atoms with Crippen LogP contribution in [0.25, 0.3) is 0 Å². The summed E-state index contributed by atoms with van der Waals surface area (Å²) in [5, 5.41) is 11.9. The molecule has 1 saturated carbocycles. The molecule has 1 rings (SSSR count). The van der Waals surface area contributed by atoms with Gasteiger partial charge in [0.1, 0.15) is 11.6 Å². The number of nitrogens with zero attached hydrogens (tertiary/aromatic N) is 2. The molecule has 0 heterocycles. The number of ether oxygens (including phenoxy) is 1. The minimum atomic E-state index is -0.300. The van der Waals surface area contributed by atoms with E-state index in [1.54, 1.807) is 13.3 Å². The van der Waals surface area contributed by atoms with Gasteiger partial charge in [-0.05, 0) is 19.3 Å². The Labute approximate surface area is 121 Å². The maximum Gasteiger partial charge on any atom is 0.263 e. The molecule has 1 aliphatic carbocycles. The Balaban J connectivity index is 2.48. The summed E-state index contributed by atoms with van der Waals surface area (Å²) in [7, 11) is 3.58. The van der Waals surface area contributed by atoms with Crippen molar-refractivity contribution in [2.75, 3.05) is 27.3 Å². The van der Waals surface area contributed by atoms with Gasteiger partial charge in [-0.1, -0.05) is 19.3 Å². The first-order valence-corrected chi connectivity index (χ1v) is 7.30. The molecule has 0 unspecified atom stereocenters. The van der Waals surface area contributed by atoms with Crippen LogP contribution in [0.1, 0.15) is 38.5 Å². The molecule has 1 fully saturated rings. The average Bonchev–Trinajstić information content (AvgIpc) is 2.49. The normalized spacial score (nSPS) is 16.6. The number of hydrogen-bond acceptors (Lipinski definition) is 4. The summed E-state index contributed by atoms with van der Waals surface area (Å²) in [4.78, 5) is 13.9. The van der Waals surface area contributed by atoms with Gasteiger partial charge in [-0.3, -0.25) is 4.79 Å². The van der Waals surface area contributed by atoms with Crippen LogP contribution in [-0.4, -0.2) is 44.2 Å². The van der Waals surface area contributed by atoms with E-state index in [-0.39, 0.29) is 11.5 Å². The molecular weight excluding hydrogens is 254 g/mol. The van der Waals surface area contributed by atoms with Gasteiger partial charge in [-0.15, -0.1) is 0 Å². The minimum absolute atomic E-state index is 0.176. The van der Waals surface area contributed by atoms with Crippen molar-refractivity contribution < 1.29 is 9.53 Å². The van der Waals surface area contributed by atoms with Crippen LogP contribution in [0.15, 0.2) is 11.8 Å². The highest BCUT2D eigenvalue weighted by molar-refractivity contribution is 5.97. The van der Waals surface area contributed by atoms with Crippen molar-refractivity contribution in [3.63, 3.8) is 0 Å². The lowest BCUT2D eigenvalue weighted by atomic mass is 9.94. The molecule has 0 aromatic carbocycles. The smallest absolute Gasteiger partial charge is 0.263 e. The van der Waals surface area contributed by atoms with Crippen LogP contribution in [0.5, 0.6) is 0 Å². The first-order chi connectivity index (χ1) is 9.69. The second kappa shape index (κ2) is 9.38. The summed E-state index contributed by atoms with van der Waals surface area (Å²) >= 11 is 0. The summed E-state index contributed by atoms with van der Waals surface area (Å²) < 4.78 is 4.92. The van der Waals surface area contributed by atoms with Crippen LogP contribution in [0, 0.1) is 11.3 Å². The Morgan fingerprint density at radius 2 is 2.15 bits per heavy atom. The minimum Gasteiger partial charge on any atom is -0.385 e. The van der Waals surface area contributed by atoms with E-state index in [1.165, 1.54) is 19.3 Å². The van der Waals surface area contributed by atoms with Crippen molar-refractivity contribution in [2.24, 2.45) is 0 Å². The van der Waals surface area contributed by atoms with Gasteiger partial charge in [0.2, 0.25) is 0 Å². The van der Waals surface area contributed by atoms with Crippen LogP contribution in [0.2, 0.25) is 0 Å². The molecule has 0 radical (unpaired) electrons. The number of nitrogens with one attached hydrogen (secondary N) is 1.